The average molecular weight is 307 g/mol. The zero-order chi connectivity index (χ0) is 15.4. The van der Waals surface area contributed by atoms with Crippen molar-refractivity contribution in [2.75, 3.05) is 38.7 Å². The summed E-state index contributed by atoms with van der Waals surface area (Å²) in [5.41, 5.74) is 0.583. The Morgan fingerprint density at radius 2 is 2.09 bits per heavy atom. The highest BCUT2D eigenvalue weighted by Crippen LogP contribution is 2.27. The van der Waals surface area contributed by atoms with Crippen molar-refractivity contribution in [3.05, 3.63) is 18.3 Å². The van der Waals surface area contributed by atoms with Gasteiger partial charge in [0.1, 0.15) is 5.69 Å². The Bertz CT molecular complexity index is 511. The first-order valence-corrected chi connectivity index (χ1v) is 7.56. The van der Waals surface area contributed by atoms with Gasteiger partial charge >= 0.3 is 6.03 Å². The number of nitrogens with one attached hydrogen (secondary N) is 1. The zero-order valence-electron chi connectivity index (χ0n) is 12.7. The molecule has 0 atom stereocenters. The molecule has 0 aliphatic carbocycles. The lowest BCUT2D eigenvalue weighted by molar-refractivity contribution is -0.0950. The van der Waals surface area contributed by atoms with Gasteiger partial charge in [-0.15, -0.1) is 0 Å². The van der Waals surface area contributed by atoms with Crippen LogP contribution in [0.3, 0.4) is 0 Å². The summed E-state index contributed by atoms with van der Waals surface area (Å²) >= 11 is 0. The molecular weight excluding hydrogens is 286 g/mol. The molecular formula is C15H21N3O4. The van der Waals surface area contributed by atoms with E-state index in [0.717, 1.165) is 12.8 Å². The van der Waals surface area contributed by atoms with E-state index in [1.54, 1.807) is 23.2 Å². The summed E-state index contributed by atoms with van der Waals surface area (Å²) in [5, 5.41) is 2.85. The first kappa shape index (κ1) is 15.1. The molecule has 0 radical (unpaired) electrons. The van der Waals surface area contributed by atoms with Crippen LogP contribution in [-0.4, -0.2) is 55.6 Å². The summed E-state index contributed by atoms with van der Waals surface area (Å²) in [6, 6.07) is 3.41. The van der Waals surface area contributed by atoms with E-state index in [-0.39, 0.29) is 12.3 Å². The number of nitrogens with zero attached hydrogens (tertiary/aromatic N) is 2. The van der Waals surface area contributed by atoms with Gasteiger partial charge in [0.15, 0.2) is 6.29 Å². The number of amides is 2. The fraction of sp³-hybridized carbons (Fsp3) is 0.600. The van der Waals surface area contributed by atoms with E-state index >= 15 is 0 Å². The quantitative estimate of drug-likeness (QED) is 0.920. The lowest BCUT2D eigenvalue weighted by atomic mass is 9.96. The molecule has 7 heteroatoms. The molecule has 2 aliphatic heterocycles. The maximum atomic E-state index is 12.3. The minimum Gasteiger partial charge on any atom is -0.480 e. The molecule has 22 heavy (non-hydrogen) atoms. The highest BCUT2D eigenvalue weighted by molar-refractivity contribution is 5.90. The number of urea groups is 1. The molecule has 0 unspecified atom stereocenters. The number of anilines is 1. The summed E-state index contributed by atoms with van der Waals surface area (Å²) in [5.74, 6) is 0.790. The Morgan fingerprint density at radius 1 is 1.36 bits per heavy atom. The van der Waals surface area contributed by atoms with Gasteiger partial charge < -0.3 is 24.4 Å². The SMILES string of the molecule is COc1ncccc1NC(=O)N1CCC(C2OCCO2)CC1. The molecule has 1 aromatic rings. The highest BCUT2D eigenvalue weighted by Gasteiger charge is 2.31. The molecule has 120 valence electrons. The number of piperidine rings is 1. The van der Waals surface area contributed by atoms with Crippen molar-refractivity contribution in [2.45, 2.75) is 19.1 Å². The van der Waals surface area contributed by atoms with Crippen LogP contribution in [0.1, 0.15) is 12.8 Å². The minimum atomic E-state index is -0.127. The summed E-state index contributed by atoms with van der Waals surface area (Å²) in [4.78, 5) is 18.2. The van der Waals surface area contributed by atoms with Gasteiger partial charge in [0.25, 0.3) is 0 Å². The fourth-order valence-electron chi connectivity index (χ4n) is 2.87. The van der Waals surface area contributed by atoms with Crippen LogP contribution < -0.4 is 10.1 Å². The van der Waals surface area contributed by atoms with E-state index in [0.29, 0.717) is 43.8 Å². The zero-order valence-corrected chi connectivity index (χ0v) is 12.7. The lowest BCUT2D eigenvalue weighted by Gasteiger charge is -2.33. The van der Waals surface area contributed by atoms with Crippen LogP contribution in [0.5, 0.6) is 5.88 Å². The molecule has 3 rings (SSSR count). The van der Waals surface area contributed by atoms with Crippen LogP contribution in [0, 0.1) is 5.92 Å². The number of carbonyl (C=O) groups excluding carboxylic acids is 1. The number of hydrogen-bond acceptors (Lipinski definition) is 5. The normalized spacial score (nSPS) is 20.1. The molecule has 2 fully saturated rings. The number of methoxy groups -OCH3 is 1. The Morgan fingerprint density at radius 3 is 2.77 bits per heavy atom. The largest absolute Gasteiger partial charge is 0.480 e. The third kappa shape index (κ3) is 3.31. The van der Waals surface area contributed by atoms with Crippen LogP contribution in [0.4, 0.5) is 10.5 Å². The topological polar surface area (TPSA) is 72.9 Å². The van der Waals surface area contributed by atoms with Crippen molar-refractivity contribution < 1.29 is 19.0 Å². The van der Waals surface area contributed by atoms with E-state index < -0.39 is 0 Å². The Kier molecular flexibility index (Phi) is 4.74. The standard InChI is InChI=1S/C15H21N3O4/c1-20-13-12(3-2-6-16-13)17-15(19)18-7-4-11(5-8-18)14-21-9-10-22-14/h2-3,6,11,14H,4-5,7-10H2,1H3,(H,17,19). The summed E-state index contributed by atoms with van der Waals surface area (Å²) in [6.45, 7) is 2.74. The second kappa shape index (κ2) is 6.93. The number of likely N-dealkylation sites (tertiary alicyclic amines) is 1. The van der Waals surface area contributed by atoms with E-state index in [1.807, 2.05) is 0 Å². The van der Waals surface area contributed by atoms with Crippen molar-refractivity contribution in [1.82, 2.24) is 9.88 Å². The number of hydrogen-bond donors (Lipinski definition) is 1. The summed E-state index contributed by atoms with van der Waals surface area (Å²) < 4.78 is 16.2. The van der Waals surface area contributed by atoms with Gasteiger partial charge in [-0.1, -0.05) is 0 Å². The van der Waals surface area contributed by atoms with Crippen LogP contribution in [0.25, 0.3) is 0 Å². The summed E-state index contributed by atoms with van der Waals surface area (Å²) in [6.07, 6.45) is 3.31. The minimum absolute atomic E-state index is 0.0939. The predicted octanol–water partition coefficient (Wildman–Crippen LogP) is 1.71. The van der Waals surface area contributed by atoms with E-state index in [2.05, 4.69) is 10.3 Å². The number of ether oxygens (including phenoxy) is 3. The van der Waals surface area contributed by atoms with Gasteiger partial charge in [0, 0.05) is 25.2 Å². The van der Waals surface area contributed by atoms with Crippen molar-refractivity contribution in [3.8, 4) is 5.88 Å². The maximum Gasteiger partial charge on any atom is 0.321 e. The Labute approximate surface area is 129 Å². The molecule has 3 heterocycles. The van der Waals surface area contributed by atoms with E-state index in [9.17, 15) is 4.79 Å². The molecule has 0 spiro atoms. The predicted molar refractivity (Wildman–Crippen MR) is 79.8 cm³/mol. The van der Waals surface area contributed by atoms with Gasteiger partial charge in [0.2, 0.25) is 5.88 Å². The number of aromatic nitrogens is 1. The fourth-order valence-corrected chi connectivity index (χ4v) is 2.87. The summed E-state index contributed by atoms with van der Waals surface area (Å²) in [7, 11) is 1.53. The van der Waals surface area contributed by atoms with Gasteiger partial charge in [-0.2, -0.15) is 0 Å². The second-order valence-electron chi connectivity index (χ2n) is 5.42. The Hall–Kier alpha value is -1.86. The molecule has 1 aromatic heterocycles. The van der Waals surface area contributed by atoms with E-state index in [1.165, 1.54) is 7.11 Å². The highest BCUT2D eigenvalue weighted by atomic mass is 16.7. The molecule has 0 aromatic carbocycles. The number of pyridine rings is 1. The molecule has 1 N–H and O–H groups in total. The van der Waals surface area contributed by atoms with Crippen LogP contribution >= 0.6 is 0 Å². The second-order valence-corrected chi connectivity index (χ2v) is 5.42. The molecule has 2 aliphatic rings. The van der Waals surface area contributed by atoms with Crippen LogP contribution in [0.2, 0.25) is 0 Å². The lowest BCUT2D eigenvalue weighted by Crippen LogP contribution is -2.43. The third-order valence-corrected chi connectivity index (χ3v) is 4.07. The number of carbonyl (C=O) groups is 1. The third-order valence-electron chi connectivity index (χ3n) is 4.07. The van der Waals surface area contributed by atoms with E-state index in [4.69, 9.17) is 14.2 Å². The van der Waals surface area contributed by atoms with Crippen molar-refractivity contribution in [3.63, 3.8) is 0 Å². The van der Waals surface area contributed by atoms with Crippen molar-refractivity contribution in [1.29, 1.82) is 0 Å². The number of rotatable bonds is 3. The average Bonchev–Trinajstić information content (AvgIpc) is 3.10. The molecule has 2 saturated heterocycles. The van der Waals surface area contributed by atoms with Crippen LogP contribution in [-0.2, 0) is 9.47 Å². The van der Waals surface area contributed by atoms with Crippen LogP contribution in [0.15, 0.2) is 18.3 Å². The molecule has 0 bridgehead atoms. The maximum absolute atomic E-state index is 12.3. The monoisotopic (exact) mass is 307 g/mol. The van der Waals surface area contributed by atoms with Gasteiger partial charge in [0.05, 0.1) is 20.3 Å². The van der Waals surface area contributed by atoms with Crippen molar-refractivity contribution in [2.24, 2.45) is 5.92 Å². The van der Waals surface area contributed by atoms with Gasteiger partial charge in [-0.3, -0.25) is 0 Å². The van der Waals surface area contributed by atoms with Gasteiger partial charge in [-0.25, -0.2) is 9.78 Å². The first-order valence-electron chi connectivity index (χ1n) is 7.56. The first-order chi connectivity index (χ1) is 10.8. The smallest absolute Gasteiger partial charge is 0.321 e. The van der Waals surface area contributed by atoms with Crippen molar-refractivity contribution >= 4 is 11.7 Å². The van der Waals surface area contributed by atoms with Gasteiger partial charge in [-0.05, 0) is 25.0 Å². The molecule has 7 nitrogen and oxygen atoms in total. The molecule has 0 saturated carbocycles. The Balaban J connectivity index is 1.53. The molecule has 2 amide bonds.